The summed E-state index contributed by atoms with van der Waals surface area (Å²) in [5, 5.41) is 0. The average molecular weight is 365 g/mol. The van der Waals surface area contributed by atoms with Crippen LogP contribution in [0.25, 0.3) is 5.69 Å². The van der Waals surface area contributed by atoms with Crippen LogP contribution in [0.1, 0.15) is 53.8 Å². The predicted molar refractivity (Wildman–Crippen MR) is 104 cm³/mol. The number of fused-ring (bicyclic) bond motifs is 2. The first kappa shape index (κ1) is 17.8. The van der Waals surface area contributed by atoms with Crippen LogP contribution in [0.3, 0.4) is 0 Å². The first-order chi connectivity index (χ1) is 13.0. The van der Waals surface area contributed by atoms with Crippen LogP contribution in [0.4, 0.5) is 0 Å². The summed E-state index contributed by atoms with van der Waals surface area (Å²) in [6.07, 6.45) is 5.57. The third-order valence-electron chi connectivity index (χ3n) is 6.34. The van der Waals surface area contributed by atoms with E-state index >= 15 is 0 Å². The number of nitrogens with one attached hydrogen (secondary N) is 2. The van der Waals surface area contributed by atoms with Gasteiger partial charge in [-0.05, 0) is 69.1 Å². The summed E-state index contributed by atoms with van der Waals surface area (Å²) in [7, 11) is 0. The predicted octanol–water partition coefficient (Wildman–Crippen LogP) is 3.68. The molecule has 2 aliphatic carbocycles. The van der Waals surface area contributed by atoms with Crippen molar-refractivity contribution in [2.45, 2.75) is 46.0 Å². The number of hydrogen-bond donors (Lipinski definition) is 2. The monoisotopic (exact) mass is 365 g/mol. The molecule has 4 rings (SSSR count). The Morgan fingerprint density at radius 2 is 1.85 bits per heavy atom. The molecule has 2 fully saturated rings. The zero-order chi connectivity index (χ0) is 19.0. The van der Waals surface area contributed by atoms with Crippen molar-refractivity contribution in [3.05, 3.63) is 53.3 Å². The third-order valence-corrected chi connectivity index (χ3v) is 6.34. The molecule has 2 aromatic rings. The molecule has 2 aliphatic rings. The Kier molecular flexibility index (Phi) is 4.77. The number of rotatable bonds is 4. The highest BCUT2D eigenvalue weighted by Crippen LogP contribution is 2.49. The van der Waals surface area contributed by atoms with E-state index in [1.807, 2.05) is 54.8 Å². The third kappa shape index (κ3) is 3.51. The van der Waals surface area contributed by atoms with E-state index in [0.717, 1.165) is 23.0 Å². The van der Waals surface area contributed by atoms with E-state index in [9.17, 15) is 9.59 Å². The number of hydrogen-bond acceptors (Lipinski definition) is 2. The van der Waals surface area contributed by atoms with Crippen LogP contribution in [0.2, 0.25) is 0 Å². The van der Waals surface area contributed by atoms with E-state index in [1.54, 1.807) is 0 Å². The van der Waals surface area contributed by atoms with Gasteiger partial charge in [-0.25, -0.2) is 0 Å². The van der Waals surface area contributed by atoms with Crippen molar-refractivity contribution in [3.8, 4) is 5.69 Å². The van der Waals surface area contributed by atoms with Crippen LogP contribution in [0.15, 0.2) is 36.4 Å². The van der Waals surface area contributed by atoms with Crippen molar-refractivity contribution in [1.29, 1.82) is 0 Å². The van der Waals surface area contributed by atoms with Crippen LogP contribution >= 0.6 is 0 Å². The van der Waals surface area contributed by atoms with Gasteiger partial charge in [-0.15, -0.1) is 0 Å². The Bertz CT molecular complexity index is 856. The molecule has 0 unspecified atom stereocenters. The van der Waals surface area contributed by atoms with Crippen LogP contribution in [-0.4, -0.2) is 16.4 Å². The fourth-order valence-electron chi connectivity index (χ4n) is 5.08. The highest BCUT2D eigenvalue weighted by atomic mass is 16.2. The number of benzene rings is 1. The zero-order valence-corrected chi connectivity index (χ0v) is 16.0. The Balaban J connectivity index is 1.38. The SMILES string of the molecule is Cc1cc(C(=O)NNC(=O)C[C@@H]2C[C@H]3CC[C@H]2C3)c(C)n1-c1ccccc1. The van der Waals surface area contributed by atoms with Crippen LogP contribution in [0, 0.1) is 31.6 Å². The van der Waals surface area contributed by atoms with Gasteiger partial charge >= 0.3 is 0 Å². The zero-order valence-electron chi connectivity index (χ0n) is 16.0. The minimum absolute atomic E-state index is 0.0854. The Labute approximate surface area is 160 Å². The van der Waals surface area contributed by atoms with Gasteiger partial charge in [-0.3, -0.25) is 20.4 Å². The molecule has 2 amide bonds. The molecule has 0 spiro atoms. The summed E-state index contributed by atoms with van der Waals surface area (Å²) in [5.41, 5.74) is 8.66. The van der Waals surface area contributed by atoms with E-state index in [1.165, 1.54) is 25.7 Å². The molecule has 5 nitrogen and oxygen atoms in total. The lowest BCUT2D eigenvalue weighted by atomic mass is 9.86. The normalized spacial score (nSPS) is 23.4. The summed E-state index contributed by atoms with van der Waals surface area (Å²) in [4.78, 5) is 24.9. The van der Waals surface area contributed by atoms with Crippen LogP contribution in [-0.2, 0) is 4.79 Å². The van der Waals surface area contributed by atoms with E-state index in [-0.39, 0.29) is 11.8 Å². The van der Waals surface area contributed by atoms with E-state index < -0.39 is 0 Å². The van der Waals surface area contributed by atoms with Crippen LogP contribution in [0.5, 0.6) is 0 Å². The number of para-hydroxylation sites is 1. The van der Waals surface area contributed by atoms with Gasteiger partial charge in [0.1, 0.15) is 0 Å². The van der Waals surface area contributed by atoms with Gasteiger partial charge in [0.2, 0.25) is 5.91 Å². The standard InChI is InChI=1S/C22H27N3O2/c1-14-10-20(15(2)25(14)19-6-4-3-5-7-19)22(27)24-23-21(26)13-18-12-16-8-9-17(18)11-16/h3-7,10,16-18H,8-9,11-13H2,1-2H3,(H,23,26)(H,24,27)/t16-,17-,18-/m0/s1. The summed E-state index contributed by atoms with van der Waals surface area (Å²) in [5.74, 6) is 1.67. The molecule has 27 heavy (non-hydrogen) atoms. The van der Waals surface area contributed by atoms with Crippen LogP contribution < -0.4 is 10.9 Å². The summed E-state index contributed by atoms with van der Waals surface area (Å²) >= 11 is 0. The summed E-state index contributed by atoms with van der Waals surface area (Å²) in [6, 6.07) is 11.8. The Morgan fingerprint density at radius 3 is 2.52 bits per heavy atom. The molecule has 0 aliphatic heterocycles. The number of aryl methyl sites for hydroxylation is 1. The number of carbonyl (C=O) groups is 2. The smallest absolute Gasteiger partial charge is 0.271 e. The number of amides is 2. The molecule has 2 bridgehead atoms. The van der Waals surface area contributed by atoms with Gasteiger partial charge < -0.3 is 4.57 Å². The molecule has 0 radical (unpaired) electrons. The number of carbonyl (C=O) groups excluding carboxylic acids is 2. The van der Waals surface area contributed by atoms with Crippen molar-refractivity contribution in [2.24, 2.45) is 17.8 Å². The minimum Gasteiger partial charge on any atom is -0.318 e. The molecule has 2 saturated carbocycles. The maximum Gasteiger partial charge on any atom is 0.271 e. The number of aromatic nitrogens is 1. The second kappa shape index (κ2) is 7.22. The van der Waals surface area contributed by atoms with Gasteiger partial charge in [0.05, 0.1) is 5.56 Å². The van der Waals surface area contributed by atoms with Crippen molar-refractivity contribution >= 4 is 11.8 Å². The van der Waals surface area contributed by atoms with Gasteiger partial charge in [-0.1, -0.05) is 24.6 Å². The van der Waals surface area contributed by atoms with Crippen molar-refractivity contribution in [3.63, 3.8) is 0 Å². The summed E-state index contributed by atoms with van der Waals surface area (Å²) in [6.45, 7) is 3.90. The highest BCUT2D eigenvalue weighted by molar-refractivity contribution is 5.97. The Hall–Kier alpha value is -2.56. The average Bonchev–Trinajstić information content (AvgIpc) is 3.35. The molecular weight excluding hydrogens is 338 g/mol. The second-order valence-electron chi connectivity index (χ2n) is 8.10. The van der Waals surface area contributed by atoms with E-state index in [4.69, 9.17) is 0 Å². The van der Waals surface area contributed by atoms with Crippen molar-refractivity contribution in [1.82, 2.24) is 15.4 Å². The molecule has 1 aromatic heterocycles. The van der Waals surface area contributed by atoms with Gasteiger partial charge in [-0.2, -0.15) is 0 Å². The van der Waals surface area contributed by atoms with Gasteiger partial charge in [0.15, 0.2) is 0 Å². The lowest BCUT2D eigenvalue weighted by molar-refractivity contribution is -0.123. The molecule has 0 saturated heterocycles. The first-order valence-corrected chi connectivity index (χ1v) is 9.86. The molecule has 142 valence electrons. The first-order valence-electron chi connectivity index (χ1n) is 9.86. The fraction of sp³-hybridized carbons (Fsp3) is 0.455. The quantitative estimate of drug-likeness (QED) is 0.812. The molecule has 1 heterocycles. The number of hydrazine groups is 1. The maximum absolute atomic E-state index is 12.6. The summed E-state index contributed by atoms with van der Waals surface area (Å²) < 4.78 is 2.05. The molecular formula is C22H27N3O2. The lowest BCUT2D eigenvalue weighted by Gasteiger charge is -2.20. The van der Waals surface area contributed by atoms with Crippen molar-refractivity contribution < 1.29 is 9.59 Å². The second-order valence-corrected chi connectivity index (χ2v) is 8.10. The van der Waals surface area contributed by atoms with E-state index in [0.29, 0.717) is 23.8 Å². The largest absolute Gasteiger partial charge is 0.318 e. The maximum atomic E-state index is 12.6. The molecule has 3 atom stereocenters. The topological polar surface area (TPSA) is 63.1 Å². The molecule has 2 N–H and O–H groups in total. The highest BCUT2D eigenvalue weighted by Gasteiger charge is 2.40. The van der Waals surface area contributed by atoms with Crippen molar-refractivity contribution in [2.75, 3.05) is 0 Å². The number of nitrogens with zero attached hydrogens (tertiary/aromatic N) is 1. The van der Waals surface area contributed by atoms with Gasteiger partial charge in [0, 0.05) is 23.5 Å². The molecule has 5 heteroatoms. The van der Waals surface area contributed by atoms with Gasteiger partial charge in [0.25, 0.3) is 5.91 Å². The fourth-order valence-corrected chi connectivity index (χ4v) is 5.08. The minimum atomic E-state index is -0.272. The molecule has 1 aromatic carbocycles. The lowest BCUT2D eigenvalue weighted by Crippen LogP contribution is -2.42. The Morgan fingerprint density at radius 1 is 1.07 bits per heavy atom. The van der Waals surface area contributed by atoms with E-state index in [2.05, 4.69) is 10.9 Å².